The second kappa shape index (κ2) is 8.07. The lowest BCUT2D eigenvalue weighted by Gasteiger charge is -2.37. The van der Waals surface area contributed by atoms with Crippen molar-refractivity contribution in [3.05, 3.63) is 35.4 Å². The average Bonchev–Trinajstić information content (AvgIpc) is 3.05. The van der Waals surface area contributed by atoms with Crippen molar-refractivity contribution in [2.24, 2.45) is 0 Å². The number of hydrogen-bond donors (Lipinski definition) is 1. The number of benzene rings is 1. The molecular weight excluding hydrogens is 328 g/mol. The number of nitrogens with zero attached hydrogens (tertiary/aromatic N) is 1. The number of carbonyl (C=O) groups is 1. The van der Waals surface area contributed by atoms with E-state index in [1.165, 1.54) is 11.1 Å². The minimum absolute atomic E-state index is 0.0977. The van der Waals surface area contributed by atoms with Gasteiger partial charge in [-0.05, 0) is 23.0 Å². The first kappa shape index (κ1) is 19.3. The van der Waals surface area contributed by atoms with Crippen molar-refractivity contribution in [2.75, 3.05) is 39.4 Å². The fourth-order valence-corrected chi connectivity index (χ4v) is 3.61. The first-order chi connectivity index (χ1) is 12.4. The molecule has 1 aromatic carbocycles. The molecule has 0 radical (unpaired) electrons. The summed E-state index contributed by atoms with van der Waals surface area (Å²) in [5.74, 6) is -0.271. The van der Waals surface area contributed by atoms with E-state index < -0.39 is 0 Å². The molecule has 2 fully saturated rings. The second-order valence-electron chi connectivity index (χ2n) is 8.43. The standard InChI is InChI=1S/C21H32N2O3/c1-20(2,3)18-6-4-17(5-7-18)8-11-22-19(24)16-23-12-9-21(10-13-23)25-14-15-26-21/h4-7H,8-16H2,1-3H3,(H,22,24). The van der Waals surface area contributed by atoms with Crippen LogP contribution in [0.25, 0.3) is 0 Å². The van der Waals surface area contributed by atoms with E-state index in [1.807, 2.05) is 0 Å². The first-order valence-electron chi connectivity index (χ1n) is 9.73. The average molecular weight is 360 g/mol. The third-order valence-electron chi connectivity index (χ3n) is 5.35. The molecule has 1 spiro atoms. The van der Waals surface area contributed by atoms with Gasteiger partial charge in [0.05, 0.1) is 19.8 Å². The molecule has 1 aromatic rings. The highest BCUT2D eigenvalue weighted by Gasteiger charge is 2.39. The molecule has 0 aliphatic carbocycles. The van der Waals surface area contributed by atoms with Crippen molar-refractivity contribution in [2.45, 2.75) is 51.2 Å². The van der Waals surface area contributed by atoms with Gasteiger partial charge in [0, 0.05) is 32.5 Å². The normalized spacial score (nSPS) is 20.4. The van der Waals surface area contributed by atoms with Crippen molar-refractivity contribution < 1.29 is 14.3 Å². The van der Waals surface area contributed by atoms with Crippen LogP contribution < -0.4 is 5.32 Å². The predicted octanol–water partition coefficient (Wildman–Crippen LogP) is 2.48. The first-order valence-corrected chi connectivity index (χ1v) is 9.73. The number of amides is 1. The molecule has 1 amide bonds. The number of likely N-dealkylation sites (tertiary alicyclic amines) is 1. The van der Waals surface area contributed by atoms with Crippen LogP contribution in [-0.4, -0.2) is 56.0 Å². The zero-order valence-electron chi connectivity index (χ0n) is 16.3. The fourth-order valence-electron chi connectivity index (χ4n) is 3.61. The van der Waals surface area contributed by atoms with E-state index >= 15 is 0 Å². The van der Waals surface area contributed by atoms with Crippen LogP contribution in [0, 0.1) is 0 Å². The van der Waals surface area contributed by atoms with Crippen LogP contribution in [0.2, 0.25) is 0 Å². The van der Waals surface area contributed by atoms with Gasteiger partial charge in [0.15, 0.2) is 5.79 Å². The number of nitrogens with one attached hydrogen (secondary N) is 1. The molecule has 1 N–H and O–H groups in total. The van der Waals surface area contributed by atoms with Crippen LogP contribution in [0.5, 0.6) is 0 Å². The van der Waals surface area contributed by atoms with Gasteiger partial charge in [0.25, 0.3) is 0 Å². The summed E-state index contributed by atoms with van der Waals surface area (Å²) >= 11 is 0. The summed E-state index contributed by atoms with van der Waals surface area (Å²) in [5.41, 5.74) is 2.77. The molecule has 2 saturated heterocycles. The topological polar surface area (TPSA) is 50.8 Å². The Kier molecular flexibility index (Phi) is 6.00. The molecule has 5 heteroatoms. The minimum Gasteiger partial charge on any atom is -0.355 e. The molecule has 2 aliphatic heterocycles. The third-order valence-corrected chi connectivity index (χ3v) is 5.35. The fraction of sp³-hybridized carbons (Fsp3) is 0.667. The Morgan fingerprint density at radius 1 is 1.12 bits per heavy atom. The number of piperidine rings is 1. The smallest absolute Gasteiger partial charge is 0.234 e. The van der Waals surface area contributed by atoms with E-state index in [2.05, 4.69) is 55.3 Å². The van der Waals surface area contributed by atoms with Gasteiger partial charge in [-0.15, -0.1) is 0 Å². The predicted molar refractivity (Wildman–Crippen MR) is 102 cm³/mol. The Hall–Kier alpha value is -1.43. The van der Waals surface area contributed by atoms with E-state index in [-0.39, 0.29) is 17.1 Å². The molecular formula is C21H32N2O3. The quantitative estimate of drug-likeness (QED) is 0.876. The Morgan fingerprint density at radius 2 is 1.73 bits per heavy atom. The van der Waals surface area contributed by atoms with Gasteiger partial charge in [0.1, 0.15) is 0 Å². The molecule has 0 aromatic heterocycles. The molecule has 5 nitrogen and oxygen atoms in total. The molecule has 144 valence electrons. The largest absolute Gasteiger partial charge is 0.355 e. The monoisotopic (exact) mass is 360 g/mol. The summed E-state index contributed by atoms with van der Waals surface area (Å²) in [6.45, 7) is 10.9. The Bertz CT molecular complexity index is 591. The maximum Gasteiger partial charge on any atom is 0.234 e. The maximum absolute atomic E-state index is 12.2. The van der Waals surface area contributed by atoms with Crippen molar-refractivity contribution in [3.8, 4) is 0 Å². The highest BCUT2D eigenvalue weighted by molar-refractivity contribution is 5.78. The number of carbonyl (C=O) groups excluding carboxylic acids is 1. The second-order valence-corrected chi connectivity index (χ2v) is 8.43. The lowest BCUT2D eigenvalue weighted by atomic mass is 9.86. The lowest BCUT2D eigenvalue weighted by molar-refractivity contribution is -0.185. The van der Waals surface area contributed by atoms with Gasteiger partial charge in [-0.2, -0.15) is 0 Å². The van der Waals surface area contributed by atoms with Crippen LogP contribution in [0.1, 0.15) is 44.7 Å². The Morgan fingerprint density at radius 3 is 2.31 bits per heavy atom. The van der Waals surface area contributed by atoms with E-state index in [9.17, 15) is 4.79 Å². The van der Waals surface area contributed by atoms with E-state index in [4.69, 9.17) is 9.47 Å². The van der Waals surface area contributed by atoms with Crippen LogP contribution in [0.15, 0.2) is 24.3 Å². The van der Waals surface area contributed by atoms with Gasteiger partial charge in [0.2, 0.25) is 5.91 Å². The van der Waals surface area contributed by atoms with E-state index in [1.54, 1.807) is 0 Å². The summed E-state index contributed by atoms with van der Waals surface area (Å²) in [4.78, 5) is 14.4. The minimum atomic E-state index is -0.369. The highest BCUT2D eigenvalue weighted by Crippen LogP contribution is 2.31. The van der Waals surface area contributed by atoms with Gasteiger partial charge >= 0.3 is 0 Å². The molecule has 0 atom stereocenters. The highest BCUT2D eigenvalue weighted by atomic mass is 16.7. The van der Waals surface area contributed by atoms with Gasteiger partial charge < -0.3 is 14.8 Å². The number of ether oxygens (including phenoxy) is 2. The van der Waals surface area contributed by atoms with Crippen molar-refractivity contribution in [1.29, 1.82) is 0 Å². The molecule has 0 saturated carbocycles. The molecule has 2 aliphatic rings. The van der Waals surface area contributed by atoms with Crippen LogP contribution in [0.3, 0.4) is 0 Å². The molecule has 26 heavy (non-hydrogen) atoms. The Labute approximate surface area is 157 Å². The third kappa shape index (κ3) is 5.06. The molecule has 0 bridgehead atoms. The maximum atomic E-state index is 12.2. The molecule has 3 rings (SSSR count). The lowest BCUT2D eigenvalue weighted by Crippen LogP contribution is -2.48. The zero-order chi connectivity index (χ0) is 18.6. The summed E-state index contributed by atoms with van der Waals surface area (Å²) in [6, 6.07) is 8.71. The summed E-state index contributed by atoms with van der Waals surface area (Å²) in [7, 11) is 0. The summed E-state index contributed by atoms with van der Waals surface area (Å²) in [6.07, 6.45) is 2.56. The Balaban J connectivity index is 1.35. The zero-order valence-corrected chi connectivity index (χ0v) is 16.3. The number of hydrogen-bond acceptors (Lipinski definition) is 4. The SMILES string of the molecule is CC(C)(C)c1ccc(CCNC(=O)CN2CCC3(CC2)OCCO3)cc1. The molecule has 0 unspecified atom stereocenters. The van der Waals surface area contributed by atoms with Gasteiger partial charge in [-0.3, -0.25) is 9.69 Å². The van der Waals surface area contributed by atoms with Gasteiger partial charge in [-0.1, -0.05) is 45.0 Å². The van der Waals surface area contributed by atoms with Crippen molar-refractivity contribution in [1.82, 2.24) is 10.2 Å². The van der Waals surface area contributed by atoms with Crippen molar-refractivity contribution >= 4 is 5.91 Å². The molecule has 2 heterocycles. The van der Waals surface area contributed by atoms with E-state index in [0.717, 1.165) is 32.4 Å². The van der Waals surface area contributed by atoms with Gasteiger partial charge in [-0.25, -0.2) is 0 Å². The van der Waals surface area contributed by atoms with Crippen molar-refractivity contribution in [3.63, 3.8) is 0 Å². The van der Waals surface area contributed by atoms with Crippen LogP contribution in [-0.2, 0) is 26.1 Å². The summed E-state index contributed by atoms with van der Waals surface area (Å²) < 4.78 is 11.5. The van der Waals surface area contributed by atoms with Crippen LogP contribution >= 0.6 is 0 Å². The summed E-state index contributed by atoms with van der Waals surface area (Å²) in [5, 5.41) is 3.04. The van der Waals surface area contributed by atoms with E-state index in [0.29, 0.717) is 26.3 Å². The number of rotatable bonds is 5. The van der Waals surface area contributed by atoms with Crippen LogP contribution in [0.4, 0.5) is 0 Å².